The first-order valence-electron chi connectivity index (χ1n) is 6.51. The van der Waals surface area contributed by atoms with Crippen molar-refractivity contribution in [3.8, 4) is 5.75 Å². The smallest absolute Gasteiger partial charge is 0.159 e. The number of carbonyl (C=O) groups excluding carboxylic acids is 1. The molecule has 0 radical (unpaired) electrons. The highest BCUT2D eigenvalue weighted by Gasteiger charge is 2.28. The molecule has 0 aliphatic carbocycles. The lowest BCUT2D eigenvalue weighted by molar-refractivity contribution is 0.101. The Kier molecular flexibility index (Phi) is 4.97. The van der Waals surface area contributed by atoms with Gasteiger partial charge < -0.3 is 4.74 Å². The van der Waals surface area contributed by atoms with Gasteiger partial charge in [-0.2, -0.15) is 0 Å². The van der Waals surface area contributed by atoms with E-state index in [4.69, 9.17) is 4.74 Å². The fourth-order valence-corrected chi connectivity index (χ4v) is 2.51. The second-order valence-electron chi connectivity index (χ2n) is 5.82. The lowest BCUT2D eigenvalue weighted by Gasteiger charge is -2.19. The highest BCUT2D eigenvalue weighted by Crippen LogP contribution is 2.20. The zero-order valence-electron chi connectivity index (χ0n) is 12.7. The van der Waals surface area contributed by atoms with Crippen molar-refractivity contribution in [2.75, 3.05) is 12.4 Å². The molecule has 0 heterocycles. The van der Waals surface area contributed by atoms with E-state index in [9.17, 15) is 13.2 Å². The Labute approximate surface area is 121 Å². The van der Waals surface area contributed by atoms with Crippen LogP contribution < -0.4 is 4.74 Å². The van der Waals surface area contributed by atoms with Gasteiger partial charge in [0.2, 0.25) is 0 Å². The maximum absolute atomic E-state index is 11.9. The van der Waals surface area contributed by atoms with Gasteiger partial charge in [-0.15, -0.1) is 0 Å². The molecule has 0 aromatic heterocycles. The van der Waals surface area contributed by atoms with Gasteiger partial charge in [-0.25, -0.2) is 8.42 Å². The molecule has 1 rings (SSSR count). The molecular formula is C15H22O4S. The predicted molar refractivity (Wildman–Crippen MR) is 80.2 cm³/mol. The van der Waals surface area contributed by atoms with Crippen LogP contribution in [0.1, 0.15) is 43.6 Å². The van der Waals surface area contributed by atoms with Crippen molar-refractivity contribution in [1.29, 1.82) is 0 Å². The second-order valence-corrected chi connectivity index (χ2v) is 8.68. The van der Waals surface area contributed by atoms with Gasteiger partial charge >= 0.3 is 0 Å². The largest absolute Gasteiger partial charge is 0.492 e. The monoisotopic (exact) mass is 298 g/mol. The molecule has 0 N–H and O–H groups in total. The molecule has 0 unspecified atom stereocenters. The molecule has 5 heteroatoms. The number of aryl methyl sites for hydroxylation is 1. The molecule has 0 fully saturated rings. The number of sulfone groups is 1. The van der Waals surface area contributed by atoms with E-state index >= 15 is 0 Å². The number of ketones is 1. The quantitative estimate of drug-likeness (QED) is 0.784. The van der Waals surface area contributed by atoms with Crippen molar-refractivity contribution in [2.45, 2.75) is 39.4 Å². The Morgan fingerprint density at radius 1 is 1.25 bits per heavy atom. The van der Waals surface area contributed by atoms with Crippen LogP contribution in [0.15, 0.2) is 18.2 Å². The minimum Gasteiger partial charge on any atom is -0.492 e. The van der Waals surface area contributed by atoms with Gasteiger partial charge in [0.1, 0.15) is 12.4 Å². The Morgan fingerprint density at radius 2 is 1.85 bits per heavy atom. The first-order chi connectivity index (χ1) is 9.04. The molecule has 0 aliphatic heterocycles. The average Bonchev–Trinajstić information content (AvgIpc) is 2.29. The van der Waals surface area contributed by atoms with Gasteiger partial charge in [-0.1, -0.05) is 0 Å². The first kappa shape index (κ1) is 16.7. The molecule has 0 spiro atoms. The van der Waals surface area contributed by atoms with E-state index in [1.54, 1.807) is 39.0 Å². The van der Waals surface area contributed by atoms with Gasteiger partial charge in [0.05, 0.1) is 10.5 Å². The number of benzene rings is 1. The van der Waals surface area contributed by atoms with Crippen LogP contribution in [0.25, 0.3) is 0 Å². The van der Waals surface area contributed by atoms with E-state index in [1.165, 1.54) is 6.92 Å². The molecular weight excluding hydrogens is 276 g/mol. The van der Waals surface area contributed by atoms with Crippen molar-refractivity contribution in [2.24, 2.45) is 0 Å². The number of hydrogen-bond donors (Lipinski definition) is 0. The van der Waals surface area contributed by atoms with Crippen LogP contribution in [0.3, 0.4) is 0 Å². The second kappa shape index (κ2) is 5.95. The predicted octanol–water partition coefficient (Wildman–Crippen LogP) is 2.79. The van der Waals surface area contributed by atoms with Crippen molar-refractivity contribution in [3.05, 3.63) is 29.3 Å². The lowest BCUT2D eigenvalue weighted by atomic mass is 10.1. The third-order valence-corrected chi connectivity index (χ3v) is 5.69. The summed E-state index contributed by atoms with van der Waals surface area (Å²) >= 11 is 0. The van der Waals surface area contributed by atoms with Crippen LogP contribution in [0.5, 0.6) is 5.75 Å². The van der Waals surface area contributed by atoms with Crippen LogP contribution in [-0.2, 0) is 9.84 Å². The van der Waals surface area contributed by atoms with Crippen LogP contribution in [0.2, 0.25) is 0 Å². The van der Waals surface area contributed by atoms with Crippen molar-refractivity contribution >= 4 is 15.6 Å². The number of rotatable bonds is 5. The van der Waals surface area contributed by atoms with Crippen LogP contribution in [0, 0.1) is 6.92 Å². The molecule has 0 saturated heterocycles. The van der Waals surface area contributed by atoms with Gasteiger partial charge in [-0.3, -0.25) is 4.79 Å². The van der Waals surface area contributed by atoms with Crippen LogP contribution in [0.4, 0.5) is 0 Å². The molecule has 20 heavy (non-hydrogen) atoms. The highest BCUT2D eigenvalue weighted by atomic mass is 32.2. The number of Topliss-reactive ketones (excluding diaryl/α,β-unsaturated/α-hetero) is 1. The summed E-state index contributed by atoms with van der Waals surface area (Å²) in [7, 11) is -3.18. The van der Waals surface area contributed by atoms with Gasteiger partial charge in [-0.05, 0) is 58.4 Å². The van der Waals surface area contributed by atoms with E-state index in [2.05, 4.69) is 0 Å². The zero-order chi connectivity index (χ0) is 15.6. The molecule has 0 amide bonds. The fourth-order valence-electron chi connectivity index (χ4n) is 1.60. The standard InChI is InChI=1S/C15H22O4S/c1-11-10-13(12(2)16)6-7-14(11)19-8-9-20(17,18)15(3,4)5/h6-7,10H,8-9H2,1-5H3. The van der Waals surface area contributed by atoms with E-state index in [-0.39, 0.29) is 18.1 Å². The topological polar surface area (TPSA) is 60.4 Å². The first-order valence-corrected chi connectivity index (χ1v) is 8.16. The van der Waals surface area contributed by atoms with Gasteiger partial charge in [0.25, 0.3) is 0 Å². The average molecular weight is 298 g/mol. The molecule has 1 aromatic rings. The summed E-state index contributed by atoms with van der Waals surface area (Å²) < 4.78 is 28.6. The fraction of sp³-hybridized carbons (Fsp3) is 0.533. The summed E-state index contributed by atoms with van der Waals surface area (Å²) in [5.74, 6) is 0.582. The van der Waals surface area contributed by atoms with E-state index < -0.39 is 14.6 Å². The Bertz CT molecular complexity index is 595. The van der Waals surface area contributed by atoms with Gasteiger partial charge in [0, 0.05) is 5.56 Å². The SMILES string of the molecule is CC(=O)c1ccc(OCCS(=O)(=O)C(C)(C)C)c(C)c1. The summed E-state index contributed by atoms with van der Waals surface area (Å²) in [4.78, 5) is 11.2. The van der Waals surface area contributed by atoms with Crippen molar-refractivity contribution < 1.29 is 17.9 Å². The van der Waals surface area contributed by atoms with Crippen molar-refractivity contribution in [1.82, 2.24) is 0 Å². The zero-order valence-corrected chi connectivity index (χ0v) is 13.5. The Morgan fingerprint density at radius 3 is 2.30 bits per heavy atom. The Balaban J connectivity index is 2.71. The summed E-state index contributed by atoms with van der Waals surface area (Å²) in [5, 5.41) is 0. The molecule has 4 nitrogen and oxygen atoms in total. The van der Waals surface area contributed by atoms with Crippen LogP contribution in [-0.4, -0.2) is 31.3 Å². The summed E-state index contributed by atoms with van der Waals surface area (Å²) in [6.07, 6.45) is 0. The van der Waals surface area contributed by atoms with Crippen LogP contribution >= 0.6 is 0 Å². The summed E-state index contributed by atoms with van der Waals surface area (Å²) in [5.41, 5.74) is 1.45. The third kappa shape index (κ3) is 4.07. The number of carbonyl (C=O) groups is 1. The normalized spacial score (nSPS) is 12.2. The third-order valence-electron chi connectivity index (χ3n) is 3.12. The molecule has 0 aliphatic rings. The Hall–Kier alpha value is -1.36. The summed E-state index contributed by atoms with van der Waals surface area (Å²) in [6, 6.07) is 5.13. The number of hydrogen-bond acceptors (Lipinski definition) is 4. The van der Waals surface area contributed by atoms with E-state index in [1.807, 2.05) is 6.92 Å². The molecule has 112 valence electrons. The highest BCUT2D eigenvalue weighted by molar-refractivity contribution is 7.92. The minimum atomic E-state index is -3.18. The molecule has 0 atom stereocenters. The van der Waals surface area contributed by atoms with E-state index in [0.29, 0.717) is 11.3 Å². The number of ether oxygens (including phenoxy) is 1. The molecule has 1 aromatic carbocycles. The minimum absolute atomic E-state index is 0.00467. The summed E-state index contributed by atoms with van der Waals surface area (Å²) in [6.45, 7) is 8.48. The molecule has 0 saturated carbocycles. The molecule has 0 bridgehead atoms. The van der Waals surface area contributed by atoms with Crippen molar-refractivity contribution in [3.63, 3.8) is 0 Å². The maximum atomic E-state index is 11.9. The maximum Gasteiger partial charge on any atom is 0.159 e. The lowest BCUT2D eigenvalue weighted by Crippen LogP contribution is -2.32. The van der Waals surface area contributed by atoms with Gasteiger partial charge in [0.15, 0.2) is 15.6 Å². The van der Waals surface area contributed by atoms with E-state index in [0.717, 1.165) is 5.56 Å².